The lowest BCUT2D eigenvalue weighted by atomic mass is 9.91. The number of nitrogens with zero attached hydrogens (tertiary/aromatic N) is 1. The molecular formula is C17H25ClN2O3. The molecule has 1 aromatic rings. The number of ether oxygens (including phenoxy) is 1. The SMILES string of the molecule is CC(C)C[C@@](C)(CO)NC(=O)c1cc(OCC2CC2)c(Cl)cn1. The number of carbonyl (C=O) groups excluding carboxylic acids is 1. The molecule has 5 nitrogen and oxygen atoms in total. The van der Waals surface area contributed by atoms with Gasteiger partial charge in [-0.2, -0.15) is 0 Å². The van der Waals surface area contributed by atoms with Crippen LogP contribution in [0.1, 0.15) is 50.5 Å². The first-order valence-electron chi connectivity index (χ1n) is 8.04. The van der Waals surface area contributed by atoms with Crippen LogP contribution in [0, 0.1) is 11.8 Å². The van der Waals surface area contributed by atoms with E-state index < -0.39 is 5.54 Å². The lowest BCUT2D eigenvalue weighted by Crippen LogP contribution is -2.50. The molecule has 1 atom stereocenters. The summed E-state index contributed by atoms with van der Waals surface area (Å²) < 4.78 is 5.67. The van der Waals surface area contributed by atoms with E-state index in [1.54, 1.807) is 6.07 Å². The van der Waals surface area contributed by atoms with Gasteiger partial charge >= 0.3 is 0 Å². The fourth-order valence-corrected chi connectivity index (χ4v) is 2.70. The van der Waals surface area contributed by atoms with E-state index in [0.717, 1.165) is 0 Å². The summed E-state index contributed by atoms with van der Waals surface area (Å²) in [6.45, 7) is 6.40. The molecule has 0 saturated heterocycles. The predicted octanol–water partition coefficient (Wildman–Crippen LogP) is 3.05. The van der Waals surface area contributed by atoms with Gasteiger partial charge in [0, 0.05) is 6.07 Å². The molecule has 0 aliphatic heterocycles. The molecule has 2 rings (SSSR count). The van der Waals surface area contributed by atoms with Gasteiger partial charge in [-0.25, -0.2) is 4.98 Å². The second kappa shape index (κ2) is 7.49. The highest BCUT2D eigenvalue weighted by molar-refractivity contribution is 6.32. The van der Waals surface area contributed by atoms with Crippen molar-refractivity contribution in [1.29, 1.82) is 0 Å². The molecule has 23 heavy (non-hydrogen) atoms. The summed E-state index contributed by atoms with van der Waals surface area (Å²) >= 11 is 6.07. The lowest BCUT2D eigenvalue weighted by Gasteiger charge is -2.30. The van der Waals surface area contributed by atoms with Gasteiger partial charge in [0.25, 0.3) is 5.91 Å². The minimum Gasteiger partial charge on any atom is -0.492 e. The Morgan fingerprint density at radius 2 is 2.26 bits per heavy atom. The molecule has 1 amide bonds. The zero-order valence-electron chi connectivity index (χ0n) is 13.9. The number of hydrogen-bond acceptors (Lipinski definition) is 4. The third-order valence-corrected chi connectivity index (χ3v) is 4.13. The number of rotatable bonds is 8. The van der Waals surface area contributed by atoms with Crippen molar-refractivity contribution in [3.8, 4) is 5.75 Å². The van der Waals surface area contributed by atoms with E-state index in [1.807, 2.05) is 20.8 Å². The van der Waals surface area contributed by atoms with Crippen LogP contribution in [0.5, 0.6) is 5.75 Å². The minimum atomic E-state index is -0.679. The molecule has 128 valence electrons. The average Bonchev–Trinajstić information content (AvgIpc) is 3.29. The van der Waals surface area contributed by atoms with Crippen molar-refractivity contribution < 1.29 is 14.6 Å². The van der Waals surface area contributed by atoms with Crippen LogP contribution < -0.4 is 10.1 Å². The van der Waals surface area contributed by atoms with Gasteiger partial charge in [-0.15, -0.1) is 0 Å². The molecule has 1 fully saturated rings. The summed E-state index contributed by atoms with van der Waals surface area (Å²) in [5, 5.41) is 12.9. The molecule has 2 N–H and O–H groups in total. The largest absolute Gasteiger partial charge is 0.492 e. The van der Waals surface area contributed by atoms with Gasteiger partial charge < -0.3 is 15.2 Å². The van der Waals surface area contributed by atoms with E-state index >= 15 is 0 Å². The number of aliphatic hydroxyl groups excluding tert-OH is 1. The number of halogens is 1. The van der Waals surface area contributed by atoms with Gasteiger partial charge in [0.2, 0.25) is 0 Å². The summed E-state index contributed by atoms with van der Waals surface area (Å²) in [5.41, 5.74) is -0.439. The predicted molar refractivity (Wildman–Crippen MR) is 89.9 cm³/mol. The van der Waals surface area contributed by atoms with Gasteiger partial charge in [-0.3, -0.25) is 4.79 Å². The Hall–Kier alpha value is -1.33. The van der Waals surface area contributed by atoms with Crippen LogP contribution in [0.25, 0.3) is 0 Å². The molecule has 1 aliphatic carbocycles. The van der Waals surface area contributed by atoms with Crippen molar-refractivity contribution in [2.24, 2.45) is 11.8 Å². The minimum absolute atomic E-state index is 0.129. The first kappa shape index (κ1) is 18.0. The van der Waals surface area contributed by atoms with E-state index in [9.17, 15) is 9.90 Å². The fraction of sp³-hybridized carbons (Fsp3) is 0.647. The molecule has 0 aromatic carbocycles. The summed E-state index contributed by atoms with van der Waals surface area (Å²) in [6, 6.07) is 1.56. The highest BCUT2D eigenvalue weighted by atomic mass is 35.5. The maximum Gasteiger partial charge on any atom is 0.270 e. The molecule has 1 heterocycles. The van der Waals surface area contributed by atoms with Gasteiger partial charge in [0.15, 0.2) is 0 Å². The van der Waals surface area contributed by atoms with Crippen LogP contribution in [0.3, 0.4) is 0 Å². The number of pyridine rings is 1. The first-order chi connectivity index (χ1) is 10.8. The topological polar surface area (TPSA) is 71.5 Å². The zero-order valence-corrected chi connectivity index (χ0v) is 14.7. The Bertz CT molecular complexity index is 561. The van der Waals surface area contributed by atoms with Crippen molar-refractivity contribution in [3.63, 3.8) is 0 Å². The highest BCUT2D eigenvalue weighted by Gasteiger charge is 2.28. The zero-order chi connectivity index (χ0) is 17.0. The van der Waals surface area contributed by atoms with Crippen molar-refractivity contribution >= 4 is 17.5 Å². The number of nitrogens with one attached hydrogen (secondary N) is 1. The normalized spacial score (nSPS) is 17.0. The Balaban J connectivity index is 2.06. The molecular weight excluding hydrogens is 316 g/mol. The van der Waals surface area contributed by atoms with E-state index in [2.05, 4.69) is 10.3 Å². The maximum absolute atomic E-state index is 12.4. The van der Waals surface area contributed by atoms with Gasteiger partial charge in [-0.05, 0) is 38.0 Å². The Labute approximate surface area is 142 Å². The molecule has 0 radical (unpaired) electrons. The number of amides is 1. The molecule has 0 bridgehead atoms. The fourth-order valence-electron chi connectivity index (χ4n) is 2.54. The van der Waals surface area contributed by atoms with E-state index in [4.69, 9.17) is 16.3 Å². The summed E-state index contributed by atoms with van der Waals surface area (Å²) in [6.07, 6.45) is 4.46. The van der Waals surface area contributed by atoms with Gasteiger partial charge in [0.1, 0.15) is 16.5 Å². The van der Waals surface area contributed by atoms with E-state index in [1.165, 1.54) is 19.0 Å². The second-order valence-corrected chi connectivity index (χ2v) is 7.43. The quantitative estimate of drug-likeness (QED) is 0.763. The molecule has 1 aliphatic rings. The summed E-state index contributed by atoms with van der Waals surface area (Å²) in [5.74, 6) is 1.09. The maximum atomic E-state index is 12.4. The van der Waals surface area contributed by atoms with Gasteiger partial charge in [0.05, 0.1) is 24.9 Å². The van der Waals surface area contributed by atoms with E-state index in [-0.39, 0.29) is 18.2 Å². The lowest BCUT2D eigenvalue weighted by molar-refractivity contribution is 0.0820. The highest BCUT2D eigenvalue weighted by Crippen LogP contribution is 2.31. The molecule has 6 heteroatoms. The van der Waals surface area contributed by atoms with Crippen molar-refractivity contribution in [3.05, 3.63) is 23.0 Å². The molecule has 1 saturated carbocycles. The summed E-state index contributed by atoms with van der Waals surface area (Å²) in [4.78, 5) is 16.5. The number of aliphatic hydroxyl groups is 1. The van der Waals surface area contributed by atoms with Crippen molar-refractivity contribution in [2.45, 2.75) is 45.6 Å². The Morgan fingerprint density at radius 3 is 2.83 bits per heavy atom. The van der Waals surface area contributed by atoms with Crippen LogP contribution in [0.2, 0.25) is 5.02 Å². The molecule has 0 unspecified atom stereocenters. The smallest absolute Gasteiger partial charge is 0.270 e. The number of carbonyl (C=O) groups is 1. The third kappa shape index (κ3) is 5.36. The second-order valence-electron chi connectivity index (χ2n) is 7.03. The third-order valence-electron chi connectivity index (χ3n) is 3.85. The van der Waals surface area contributed by atoms with Crippen molar-refractivity contribution in [1.82, 2.24) is 10.3 Å². The molecule has 1 aromatic heterocycles. The van der Waals surface area contributed by atoms with Crippen LogP contribution in [-0.4, -0.2) is 34.8 Å². The van der Waals surface area contributed by atoms with Crippen molar-refractivity contribution in [2.75, 3.05) is 13.2 Å². The van der Waals surface area contributed by atoms with E-state index in [0.29, 0.717) is 35.6 Å². The van der Waals surface area contributed by atoms with Gasteiger partial charge in [-0.1, -0.05) is 25.4 Å². The standard InChI is InChI=1S/C17H25ClN2O3/c1-11(2)7-17(3,10-21)20-16(22)14-6-15(13(18)8-19-14)23-9-12-4-5-12/h6,8,11-12,21H,4-5,7,9-10H2,1-3H3,(H,20,22)/t17-/m0/s1. The van der Waals surface area contributed by atoms with Crippen LogP contribution in [0.15, 0.2) is 12.3 Å². The molecule has 0 spiro atoms. The average molecular weight is 341 g/mol. The summed E-state index contributed by atoms with van der Waals surface area (Å²) in [7, 11) is 0. The van der Waals surface area contributed by atoms with Crippen LogP contribution in [-0.2, 0) is 0 Å². The van der Waals surface area contributed by atoms with Crippen LogP contribution >= 0.6 is 11.6 Å². The Morgan fingerprint density at radius 1 is 1.57 bits per heavy atom. The first-order valence-corrected chi connectivity index (χ1v) is 8.42. The van der Waals surface area contributed by atoms with Crippen LogP contribution in [0.4, 0.5) is 0 Å². The Kier molecular flexibility index (Phi) is 5.87. The number of hydrogen-bond donors (Lipinski definition) is 2. The number of aromatic nitrogens is 1. The monoisotopic (exact) mass is 340 g/mol.